The summed E-state index contributed by atoms with van der Waals surface area (Å²) in [7, 11) is 0. The zero-order valence-electron chi connectivity index (χ0n) is 13.6. The van der Waals surface area contributed by atoms with Crippen LogP contribution in [0.5, 0.6) is 0 Å². The lowest BCUT2D eigenvalue weighted by Gasteiger charge is -2.21. The van der Waals surface area contributed by atoms with Gasteiger partial charge in [0.05, 0.1) is 10.6 Å². The maximum absolute atomic E-state index is 11.4. The van der Waals surface area contributed by atoms with Crippen molar-refractivity contribution in [1.29, 1.82) is 0 Å². The van der Waals surface area contributed by atoms with Crippen molar-refractivity contribution in [2.45, 2.75) is 40.2 Å². The Hall–Kier alpha value is -2.33. The van der Waals surface area contributed by atoms with Gasteiger partial charge in [0.25, 0.3) is 0 Å². The molecular weight excluding hydrogens is 318 g/mol. The van der Waals surface area contributed by atoms with Gasteiger partial charge in [-0.25, -0.2) is 20.4 Å². The van der Waals surface area contributed by atoms with Crippen LogP contribution in [0.15, 0.2) is 6.33 Å². The lowest BCUT2D eigenvalue weighted by molar-refractivity contribution is -0.383. The van der Waals surface area contributed by atoms with Gasteiger partial charge in [-0.05, 0) is 34.6 Å². The van der Waals surface area contributed by atoms with Crippen molar-refractivity contribution in [3.8, 4) is 0 Å². The van der Waals surface area contributed by atoms with Gasteiger partial charge in [0.1, 0.15) is 6.33 Å². The molecule has 0 atom stereocenters. The fourth-order valence-corrected chi connectivity index (χ4v) is 2.42. The van der Waals surface area contributed by atoms with Gasteiger partial charge in [0.2, 0.25) is 11.6 Å². The van der Waals surface area contributed by atoms with E-state index in [4.69, 9.17) is 0 Å². The van der Waals surface area contributed by atoms with E-state index in [-0.39, 0.29) is 22.9 Å². The predicted octanol–water partition coefficient (Wildman–Crippen LogP) is 2.92. The van der Waals surface area contributed by atoms with Gasteiger partial charge in [-0.2, -0.15) is 0 Å². The number of aromatic nitrogens is 3. The van der Waals surface area contributed by atoms with Gasteiger partial charge in [-0.1, -0.05) is 0 Å². The molecule has 0 aliphatic carbocycles. The number of aryl methyl sites for hydroxylation is 2. The number of hydrogen-bond acceptors (Lipinski definition) is 9. The molecule has 124 valence electrons. The maximum Gasteiger partial charge on any atom is 0.354 e. The molecule has 0 bridgehead atoms. The van der Waals surface area contributed by atoms with E-state index in [0.717, 1.165) is 10.6 Å². The minimum atomic E-state index is -0.525. The van der Waals surface area contributed by atoms with Crippen LogP contribution in [0.4, 0.5) is 22.5 Å². The molecule has 2 aromatic rings. The SMILES string of the molecule is Cc1nc(Nc2ncnc(NNC(C)(C)C)c2[N+](=O)[O-])sc1C. The Morgan fingerprint density at radius 3 is 2.39 bits per heavy atom. The Morgan fingerprint density at radius 1 is 1.22 bits per heavy atom. The first-order valence-electron chi connectivity index (χ1n) is 6.91. The van der Waals surface area contributed by atoms with Crippen LogP contribution in [0.1, 0.15) is 31.3 Å². The summed E-state index contributed by atoms with van der Waals surface area (Å²) in [6, 6.07) is 0. The van der Waals surface area contributed by atoms with Crippen molar-refractivity contribution < 1.29 is 4.92 Å². The highest BCUT2D eigenvalue weighted by atomic mass is 32.1. The molecule has 2 aromatic heterocycles. The summed E-state index contributed by atoms with van der Waals surface area (Å²) in [6.45, 7) is 9.59. The largest absolute Gasteiger partial charge is 0.354 e. The second-order valence-electron chi connectivity index (χ2n) is 5.96. The molecule has 2 rings (SSSR count). The fourth-order valence-electron chi connectivity index (χ4n) is 1.61. The summed E-state index contributed by atoms with van der Waals surface area (Å²) in [6.07, 6.45) is 1.26. The van der Waals surface area contributed by atoms with E-state index in [2.05, 4.69) is 31.1 Å². The summed E-state index contributed by atoms with van der Waals surface area (Å²) >= 11 is 1.41. The highest BCUT2D eigenvalue weighted by molar-refractivity contribution is 7.15. The van der Waals surface area contributed by atoms with Crippen molar-refractivity contribution in [3.05, 3.63) is 27.0 Å². The van der Waals surface area contributed by atoms with Crippen molar-refractivity contribution >= 4 is 33.8 Å². The molecule has 0 saturated heterocycles. The van der Waals surface area contributed by atoms with E-state index in [1.54, 1.807) is 0 Å². The second kappa shape index (κ2) is 6.42. The van der Waals surface area contributed by atoms with Crippen LogP contribution in [-0.4, -0.2) is 25.4 Å². The monoisotopic (exact) mass is 337 g/mol. The van der Waals surface area contributed by atoms with Crippen molar-refractivity contribution in [2.24, 2.45) is 0 Å². The quantitative estimate of drug-likeness (QED) is 0.563. The number of hydrogen-bond donors (Lipinski definition) is 3. The highest BCUT2D eigenvalue weighted by Gasteiger charge is 2.25. The number of nitrogens with zero attached hydrogens (tertiary/aromatic N) is 4. The number of thiazole rings is 1. The van der Waals surface area contributed by atoms with E-state index >= 15 is 0 Å². The first-order chi connectivity index (χ1) is 10.7. The smallest absolute Gasteiger partial charge is 0.310 e. The van der Waals surface area contributed by atoms with Gasteiger partial charge in [-0.3, -0.25) is 15.5 Å². The van der Waals surface area contributed by atoms with E-state index < -0.39 is 4.92 Å². The van der Waals surface area contributed by atoms with Gasteiger partial charge >= 0.3 is 5.69 Å². The molecule has 0 radical (unpaired) electrons. The average molecular weight is 337 g/mol. The Morgan fingerprint density at radius 2 is 1.87 bits per heavy atom. The van der Waals surface area contributed by atoms with Crippen LogP contribution >= 0.6 is 11.3 Å². The molecule has 0 aliphatic rings. The number of rotatable bonds is 5. The normalized spacial score (nSPS) is 11.3. The summed E-state index contributed by atoms with van der Waals surface area (Å²) in [4.78, 5) is 24.2. The van der Waals surface area contributed by atoms with Crippen molar-refractivity contribution in [3.63, 3.8) is 0 Å². The highest BCUT2D eigenvalue weighted by Crippen LogP contribution is 2.32. The van der Waals surface area contributed by atoms with E-state index in [1.165, 1.54) is 17.7 Å². The molecule has 9 nitrogen and oxygen atoms in total. The molecular formula is C13H19N7O2S. The third-order valence-corrected chi connectivity index (χ3v) is 3.80. The van der Waals surface area contributed by atoms with Gasteiger partial charge in [0.15, 0.2) is 5.13 Å². The van der Waals surface area contributed by atoms with E-state index in [1.807, 2.05) is 34.6 Å². The summed E-state index contributed by atoms with van der Waals surface area (Å²) < 4.78 is 0. The van der Waals surface area contributed by atoms with Crippen LogP contribution in [0, 0.1) is 24.0 Å². The maximum atomic E-state index is 11.4. The molecule has 0 spiro atoms. The van der Waals surface area contributed by atoms with Crippen molar-refractivity contribution in [1.82, 2.24) is 20.4 Å². The molecule has 0 unspecified atom stereocenters. The van der Waals surface area contributed by atoms with Crippen LogP contribution < -0.4 is 16.2 Å². The number of hydrazine groups is 1. The van der Waals surface area contributed by atoms with Crippen LogP contribution in [0.2, 0.25) is 0 Å². The standard InChI is InChI=1S/C13H19N7O2S/c1-7-8(2)23-12(16-7)17-10-9(20(21)22)11(15-6-14-10)18-19-13(3,4)5/h6,19H,1-5H3,(H2,14,15,16,17,18). The average Bonchev–Trinajstić information content (AvgIpc) is 2.74. The first kappa shape index (κ1) is 17.0. The summed E-state index contributed by atoms with van der Waals surface area (Å²) in [5.74, 6) is 0.185. The van der Waals surface area contributed by atoms with E-state index in [0.29, 0.717) is 5.13 Å². The molecule has 0 aliphatic heterocycles. The summed E-state index contributed by atoms with van der Waals surface area (Å²) in [5, 5.41) is 14.9. The number of nitro groups is 1. The topological polar surface area (TPSA) is 118 Å². The van der Waals surface area contributed by atoms with E-state index in [9.17, 15) is 10.1 Å². The van der Waals surface area contributed by atoms with Crippen LogP contribution in [-0.2, 0) is 0 Å². The predicted molar refractivity (Wildman–Crippen MR) is 90.1 cm³/mol. The van der Waals surface area contributed by atoms with Gasteiger partial charge in [-0.15, -0.1) is 11.3 Å². The lowest BCUT2D eigenvalue weighted by atomic mass is 10.1. The van der Waals surface area contributed by atoms with Crippen LogP contribution in [0.25, 0.3) is 0 Å². The fraction of sp³-hybridized carbons (Fsp3) is 0.462. The molecule has 2 heterocycles. The number of anilines is 3. The Balaban J connectivity index is 2.33. The van der Waals surface area contributed by atoms with Crippen LogP contribution in [0.3, 0.4) is 0 Å². The Kier molecular flexibility index (Phi) is 4.76. The molecule has 0 amide bonds. The third kappa shape index (κ3) is 4.33. The molecule has 3 N–H and O–H groups in total. The second-order valence-corrected chi connectivity index (χ2v) is 7.17. The Labute approximate surface area is 137 Å². The minimum absolute atomic E-state index is 0.0902. The molecule has 0 saturated carbocycles. The van der Waals surface area contributed by atoms with Crippen molar-refractivity contribution in [2.75, 3.05) is 10.7 Å². The zero-order valence-corrected chi connectivity index (χ0v) is 14.4. The molecule has 10 heteroatoms. The van der Waals surface area contributed by atoms with Gasteiger partial charge in [0, 0.05) is 10.4 Å². The third-order valence-electron chi connectivity index (χ3n) is 2.81. The minimum Gasteiger partial charge on any atom is -0.310 e. The summed E-state index contributed by atoms with van der Waals surface area (Å²) in [5.41, 5.74) is 6.08. The number of nitrogens with one attached hydrogen (secondary N) is 3. The Bertz CT molecular complexity index is 704. The lowest BCUT2D eigenvalue weighted by Crippen LogP contribution is -2.40. The molecule has 0 aromatic carbocycles. The molecule has 0 fully saturated rings. The van der Waals surface area contributed by atoms with Gasteiger partial charge < -0.3 is 5.32 Å². The molecule has 23 heavy (non-hydrogen) atoms. The first-order valence-corrected chi connectivity index (χ1v) is 7.72. The zero-order chi connectivity index (χ0) is 17.2.